The lowest BCUT2D eigenvalue weighted by Gasteiger charge is -2.28. The van der Waals surface area contributed by atoms with E-state index >= 15 is 0 Å². The summed E-state index contributed by atoms with van der Waals surface area (Å²) in [6.45, 7) is 2.01. The quantitative estimate of drug-likeness (QED) is 0.925. The van der Waals surface area contributed by atoms with Crippen molar-refractivity contribution in [3.8, 4) is 0 Å². The van der Waals surface area contributed by atoms with Gasteiger partial charge in [0.05, 0.1) is 6.61 Å². The molecule has 0 bridgehead atoms. The molecule has 0 aliphatic carbocycles. The van der Waals surface area contributed by atoms with Crippen LogP contribution in [0.5, 0.6) is 0 Å². The Hall–Kier alpha value is -1.57. The molecule has 1 fully saturated rings. The molecule has 2 rings (SSSR count). The Morgan fingerprint density at radius 1 is 1.43 bits per heavy atom. The monoisotopic (exact) mass is 304 g/mol. The molecule has 2 heterocycles. The van der Waals surface area contributed by atoms with Gasteiger partial charge in [-0.1, -0.05) is 0 Å². The molecule has 8 heteroatoms. The van der Waals surface area contributed by atoms with Gasteiger partial charge < -0.3 is 15.0 Å². The number of hydrogen-bond donors (Lipinski definition) is 1. The SMILES string of the molecule is CNc1cc(N(C)CC2CCCOC2)nc(C(F)(F)F)n1. The second-order valence-corrected chi connectivity index (χ2v) is 5.15. The highest BCUT2D eigenvalue weighted by Crippen LogP contribution is 2.29. The molecule has 1 aliphatic rings. The van der Waals surface area contributed by atoms with E-state index in [0.29, 0.717) is 19.1 Å². The van der Waals surface area contributed by atoms with Crippen LogP contribution in [-0.2, 0) is 10.9 Å². The molecule has 118 valence electrons. The van der Waals surface area contributed by atoms with E-state index in [9.17, 15) is 13.2 Å². The highest BCUT2D eigenvalue weighted by Gasteiger charge is 2.35. The number of hydrogen-bond acceptors (Lipinski definition) is 5. The highest BCUT2D eigenvalue weighted by atomic mass is 19.4. The van der Waals surface area contributed by atoms with Crippen molar-refractivity contribution in [3.05, 3.63) is 11.9 Å². The molecule has 1 aromatic rings. The average molecular weight is 304 g/mol. The van der Waals surface area contributed by atoms with Crippen molar-refractivity contribution in [2.24, 2.45) is 5.92 Å². The van der Waals surface area contributed by atoms with Crippen molar-refractivity contribution in [2.45, 2.75) is 19.0 Å². The minimum Gasteiger partial charge on any atom is -0.381 e. The van der Waals surface area contributed by atoms with Crippen LogP contribution in [-0.4, -0.2) is 43.8 Å². The lowest BCUT2D eigenvalue weighted by atomic mass is 10.0. The van der Waals surface area contributed by atoms with Crippen molar-refractivity contribution in [2.75, 3.05) is 44.1 Å². The summed E-state index contributed by atoms with van der Waals surface area (Å²) in [7, 11) is 3.26. The van der Waals surface area contributed by atoms with Gasteiger partial charge in [-0.15, -0.1) is 0 Å². The van der Waals surface area contributed by atoms with E-state index in [1.54, 1.807) is 11.9 Å². The van der Waals surface area contributed by atoms with Crippen LogP contribution in [0.25, 0.3) is 0 Å². The van der Waals surface area contributed by atoms with Crippen LogP contribution in [0, 0.1) is 5.92 Å². The molecule has 1 unspecified atom stereocenters. The summed E-state index contributed by atoms with van der Waals surface area (Å²) in [5, 5.41) is 2.64. The zero-order valence-electron chi connectivity index (χ0n) is 12.1. The summed E-state index contributed by atoms with van der Waals surface area (Å²) in [4.78, 5) is 8.80. The number of halogens is 3. The summed E-state index contributed by atoms with van der Waals surface area (Å²) in [6, 6.07) is 1.51. The molecule has 5 nitrogen and oxygen atoms in total. The summed E-state index contributed by atoms with van der Waals surface area (Å²) < 4.78 is 43.8. The molecule has 21 heavy (non-hydrogen) atoms. The van der Waals surface area contributed by atoms with Gasteiger partial charge in [-0.3, -0.25) is 0 Å². The third-order valence-corrected chi connectivity index (χ3v) is 3.40. The number of nitrogens with zero attached hydrogens (tertiary/aromatic N) is 3. The van der Waals surface area contributed by atoms with E-state index in [0.717, 1.165) is 19.4 Å². The first-order valence-electron chi connectivity index (χ1n) is 6.83. The summed E-state index contributed by atoms with van der Waals surface area (Å²) in [5.74, 6) is -0.409. The first-order valence-corrected chi connectivity index (χ1v) is 6.83. The molecule has 0 spiro atoms. The zero-order valence-corrected chi connectivity index (χ0v) is 12.1. The van der Waals surface area contributed by atoms with E-state index < -0.39 is 12.0 Å². The van der Waals surface area contributed by atoms with Crippen molar-refractivity contribution in [3.63, 3.8) is 0 Å². The molecular weight excluding hydrogens is 285 g/mol. The maximum atomic E-state index is 12.8. The van der Waals surface area contributed by atoms with Gasteiger partial charge in [-0.05, 0) is 18.8 Å². The summed E-state index contributed by atoms with van der Waals surface area (Å²) in [6.07, 6.45) is -2.56. The second kappa shape index (κ2) is 6.46. The van der Waals surface area contributed by atoms with Crippen molar-refractivity contribution in [1.82, 2.24) is 9.97 Å². The molecule has 0 aromatic carbocycles. The first kappa shape index (κ1) is 15.8. The standard InChI is InChI=1S/C13H19F3N4O/c1-17-10-6-11(19-12(18-10)13(14,15)16)20(2)7-9-4-3-5-21-8-9/h6,9H,3-5,7-8H2,1-2H3,(H,17,18,19). The van der Waals surface area contributed by atoms with Gasteiger partial charge >= 0.3 is 6.18 Å². The van der Waals surface area contributed by atoms with Crippen LogP contribution in [0.1, 0.15) is 18.7 Å². The van der Waals surface area contributed by atoms with Gasteiger partial charge in [0, 0.05) is 33.3 Å². The Bertz CT molecular complexity index is 475. The molecule has 1 atom stereocenters. The number of alkyl halides is 3. The Balaban J connectivity index is 2.17. The Morgan fingerprint density at radius 2 is 2.19 bits per heavy atom. The van der Waals surface area contributed by atoms with Crippen LogP contribution < -0.4 is 10.2 Å². The number of aromatic nitrogens is 2. The maximum absolute atomic E-state index is 12.8. The largest absolute Gasteiger partial charge is 0.451 e. The van der Waals surface area contributed by atoms with E-state index in [2.05, 4.69) is 15.3 Å². The normalized spacial score (nSPS) is 19.4. The fourth-order valence-corrected chi connectivity index (χ4v) is 2.32. The molecule has 1 aromatic heterocycles. The van der Waals surface area contributed by atoms with Gasteiger partial charge in [0.15, 0.2) is 0 Å². The molecular formula is C13H19F3N4O. The molecule has 0 radical (unpaired) electrons. The molecule has 0 saturated carbocycles. The maximum Gasteiger partial charge on any atom is 0.451 e. The zero-order chi connectivity index (χ0) is 15.5. The fraction of sp³-hybridized carbons (Fsp3) is 0.692. The van der Waals surface area contributed by atoms with Crippen molar-refractivity contribution in [1.29, 1.82) is 0 Å². The lowest BCUT2D eigenvalue weighted by Crippen LogP contribution is -2.31. The van der Waals surface area contributed by atoms with Gasteiger partial charge in [0.25, 0.3) is 0 Å². The predicted octanol–water partition coefficient (Wildman–Crippen LogP) is 2.40. The van der Waals surface area contributed by atoms with Gasteiger partial charge in [0.2, 0.25) is 5.82 Å². The first-order chi connectivity index (χ1) is 9.90. The Kier molecular flexibility index (Phi) is 4.87. The lowest BCUT2D eigenvalue weighted by molar-refractivity contribution is -0.144. The van der Waals surface area contributed by atoms with Crippen LogP contribution >= 0.6 is 0 Å². The topological polar surface area (TPSA) is 50.3 Å². The summed E-state index contributed by atoms with van der Waals surface area (Å²) >= 11 is 0. The second-order valence-electron chi connectivity index (χ2n) is 5.15. The highest BCUT2D eigenvalue weighted by molar-refractivity contribution is 5.49. The number of ether oxygens (including phenoxy) is 1. The smallest absolute Gasteiger partial charge is 0.381 e. The van der Waals surface area contributed by atoms with Crippen LogP contribution in [0.3, 0.4) is 0 Å². The minimum absolute atomic E-state index is 0.152. The fourth-order valence-electron chi connectivity index (χ4n) is 2.32. The third kappa shape index (κ3) is 4.20. The third-order valence-electron chi connectivity index (χ3n) is 3.40. The van der Waals surface area contributed by atoms with Crippen LogP contribution in [0.2, 0.25) is 0 Å². The van der Waals surface area contributed by atoms with Gasteiger partial charge in [0.1, 0.15) is 11.6 Å². The van der Waals surface area contributed by atoms with Crippen molar-refractivity contribution < 1.29 is 17.9 Å². The number of rotatable bonds is 4. The minimum atomic E-state index is -4.56. The Morgan fingerprint density at radius 3 is 2.76 bits per heavy atom. The van der Waals surface area contributed by atoms with Crippen LogP contribution in [0.4, 0.5) is 24.8 Å². The predicted molar refractivity (Wildman–Crippen MR) is 73.4 cm³/mol. The van der Waals surface area contributed by atoms with E-state index in [-0.39, 0.29) is 11.6 Å². The van der Waals surface area contributed by atoms with Crippen LogP contribution in [0.15, 0.2) is 6.07 Å². The van der Waals surface area contributed by atoms with E-state index in [1.807, 2.05) is 0 Å². The van der Waals surface area contributed by atoms with Gasteiger partial charge in [-0.2, -0.15) is 13.2 Å². The van der Waals surface area contributed by atoms with E-state index in [4.69, 9.17) is 4.74 Å². The Labute approximate surface area is 121 Å². The molecule has 1 N–H and O–H groups in total. The molecule has 1 aliphatic heterocycles. The number of nitrogens with one attached hydrogen (secondary N) is 1. The summed E-state index contributed by atoms with van der Waals surface area (Å²) in [5.41, 5.74) is 0. The molecule has 1 saturated heterocycles. The average Bonchev–Trinajstić information content (AvgIpc) is 2.46. The molecule has 0 amide bonds. The van der Waals surface area contributed by atoms with Gasteiger partial charge in [-0.25, -0.2) is 9.97 Å². The van der Waals surface area contributed by atoms with Crippen molar-refractivity contribution >= 4 is 11.6 Å². The van der Waals surface area contributed by atoms with E-state index in [1.165, 1.54) is 13.1 Å². The number of anilines is 2.